The zero-order valence-corrected chi connectivity index (χ0v) is 9.81. The highest BCUT2D eigenvalue weighted by molar-refractivity contribution is 5.57. The molecule has 1 aromatic rings. The second-order valence-electron chi connectivity index (χ2n) is 3.65. The number of nitrogens with one attached hydrogen (secondary N) is 1. The summed E-state index contributed by atoms with van der Waals surface area (Å²) < 4.78 is 5.23. The number of aliphatic hydroxyl groups excluding tert-OH is 1. The first kappa shape index (κ1) is 12.7. The van der Waals surface area contributed by atoms with Gasteiger partial charge in [-0.2, -0.15) is 0 Å². The van der Waals surface area contributed by atoms with Crippen LogP contribution in [0.25, 0.3) is 6.08 Å². The Morgan fingerprint density at radius 2 is 2.19 bits per heavy atom. The molecule has 0 aromatic heterocycles. The smallest absolute Gasteiger partial charge is 0.126 e. The second-order valence-corrected chi connectivity index (χ2v) is 3.65. The van der Waals surface area contributed by atoms with Crippen LogP contribution in [0.15, 0.2) is 30.3 Å². The van der Waals surface area contributed by atoms with E-state index in [1.165, 1.54) is 0 Å². The maximum atomic E-state index is 9.04. The van der Waals surface area contributed by atoms with E-state index in [0.717, 1.165) is 17.9 Å². The molecular weight excluding hydrogens is 202 g/mol. The Hall–Kier alpha value is -1.32. The van der Waals surface area contributed by atoms with Gasteiger partial charge < -0.3 is 15.2 Å². The molecule has 0 bridgehead atoms. The number of hydrogen-bond donors (Lipinski definition) is 2. The van der Waals surface area contributed by atoms with Crippen LogP contribution in [0.4, 0.5) is 0 Å². The number of rotatable bonds is 6. The molecule has 0 spiro atoms. The lowest BCUT2D eigenvalue weighted by Gasteiger charge is -2.05. The molecule has 0 heterocycles. The molecule has 1 rings (SSSR count). The van der Waals surface area contributed by atoms with Crippen molar-refractivity contribution in [3.63, 3.8) is 0 Å². The predicted octanol–water partition coefficient (Wildman–Crippen LogP) is 1.68. The second kappa shape index (κ2) is 7.04. The quantitative estimate of drug-likeness (QED) is 0.718. The van der Waals surface area contributed by atoms with Gasteiger partial charge in [-0.25, -0.2) is 0 Å². The average molecular weight is 221 g/mol. The number of aliphatic hydroxyl groups is 1. The van der Waals surface area contributed by atoms with Crippen LogP contribution in [0.3, 0.4) is 0 Å². The molecule has 1 unspecified atom stereocenters. The summed E-state index contributed by atoms with van der Waals surface area (Å²) in [6, 6.07) is 7.86. The van der Waals surface area contributed by atoms with Gasteiger partial charge in [0.1, 0.15) is 5.75 Å². The molecule has 0 aliphatic heterocycles. The van der Waals surface area contributed by atoms with Crippen LogP contribution >= 0.6 is 0 Å². The molecule has 16 heavy (non-hydrogen) atoms. The lowest BCUT2D eigenvalue weighted by molar-refractivity contribution is 0.193. The predicted molar refractivity (Wildman–Crippen MR) is 66.6 cm³/mol. The number of methoxy groups -OCH3 is 1. The van der Waals surface area contributed by atoms with Crippen LogP contribution in [-0.4, -0.2) is 31.4 Å². The Morgan fingerprint density at radius 3 is 2.88 bits per heavy atom. The van der Waals surface area contributed by atoms with Gasteiger partial charge in [-0.1, -0.05) is 30.4 Å². The van der Waals surface area contributed by atoms with Crippen molar-refractivity contribution < 1.29 is 9.84 Å². The van der Waals surface area contributed by atoms with Gasteiger partial charge in [0.2, 0.25) is 0 Å². The van der Waals surface area contributed by atoms with Gasteiger partial charge in [0, 0.05) is 18.7 Å². The molecule has 2 N–H and O–H groups in total. The molecule has 1 aromatic carbocycles. The number of hydrogen-bond acceptors (Lipinski definition) is 3. The lowest BCUT2D eigenvalue weighted by atomic mass is 10.2. The van der Waals surface area contributed by atoms with Gasteiger partial charge in [0.15, 0.2) is 0 Å². The number of benzene rings is 1. The molecule has 0 amide bonds. The third-order valence-electron chi connectivity index (χ3n) is 2.14. The van der Waals surface area contributed by atoms with Crippen molar-refractivity contribution in [1.29, 1.82) is 0 Å². The van der Waals surface area contributed by atoms with Crippen molar-refractivity contribution >= 4 is 6.08 Å². The summed E-state index contributed by atoms with van der Waals surface area (Å²) in [4.78, 5) is 0. The monoisotopic (exact) mass is 221 g/mol. The average Bonchev–Trinajstić information content (AvgIpc) is 2.29. The third kappa shape index (κ3) is 4.47. The van der Waals surface area contributed by atoms with Crippen molar-refractivity contribution in [3.8, 4) is 5.75 Å². The molecule has 88 valence electrons. The maximum Gasteiger partial charge on any atom is 0.126 e. The Kier molecular flexibility index (Phi) is 5.61. The molecule has 3 nitrogen and oxygen atoms in total. The van der Waals surface area contributed by atoms with E-state index in [-0.39, 0.29) is 6.10 Å². The highest BCUT2D eigenvalue weighted by Gasteiger charge is 1.96. The maximum absolute atomic E-state index is 9.04. The first-order valence-corrected chi connectivity index (χ1v) is 5.42. The molecule has 3 heteroatoms. The molecule has 0 saturated carbocycles. The lowest BCUT2D eigenvalue weighted by Crippen LogP contribution is -2.24. The van der Waals surface area contributed by atoms with E-state index in [2.05, 4.69) is 5.32 Å². The highest BCUT2D eigenvalue weighted by Crippen LogP contribution is 2.18. The van der Waals surface area contributed by atoms with Gasteiger partial charge in [0.25, 0.3) is 0 Å². The fourth-order valence-corrected chi connectivity index (χ4v) is 1.37. The zero-order chi connectivity index (χ0) is 11.8. The zero-order valence-electron chi connectivity index (χ0n) is 9.81. The summed E-state index contributed by atoms with van der Waals surface area (Å²) in [5.41, 5.74) is 1.06. The van der Waals surface area contributed by atoms with Crippen molar-refractivity contribution in [3.05, 3.63) is 35.9 Å². The molecule has 0 radical (unpaired) electrons. The number of ether oxygens (including phenoxy) is 1. The Morgan fingerprint density at radius 1 is 1.44 bits per heavy atom. The van der Waals surface area contributed by atoms with Crippen molar-refractivity contribution in [1.82, 2.24) is 5.32 Å². The van der Waals surface area contributed by atoms with E-state index in [9.17, 15) is 0 Å². The van der Waals surface area contributed by atoms with E-state index in [1.807, 2.05) is 36.4 Å². The molecule has 1 atom stereocenters. The largest absolute Gasteiger partial charge is 0.496 e. The fraction of sp³-hybridized carbons (Fsp3) is 0.385. The van der Waals surface area contributed by atoms with Gasteiger partial charge in [0.05, 0.1) is 13.2 Å². The summed E-state index contributed by atoms with van der Waals surface area (Å²) in [6.45, 7) is 3.11. The van der Waals surface area contributed by atoms with Crippen LogP contribution in [0.1, 0.15) is 12.5 Å². The van der Waals surface area contributed by atoms with E-state index in [4.69, 9.17) is 9.84 Å². The third-order valence-corrected chi connectivity index (χ3v) is 2.14. The minimum Gasteiger partial charge on any atom is -0.496 e. The highest BCUT2D eigenvalue weighted by atomic mass is 16.5. The molecule has 0 saturated heterocycles. The first-order chi connectivity index (χ1) is 7.74. The van der Waals surface area contributed by atoms with Crippen molar-refractivity contribution in [2.24, 2.45) is 0 Å². The fourth-order valence-electron chi connectivity index (χ4n) is 1.37. The van der Waals surface area contributed by atoms with Crippen LogP contribution in [0, 0.1) is 0 Å². The van der Waals surface area contributed by atoms with E-state index in [1.54, 1.807) is 14.0 Å². The van der Waals surface area contributed by atoms with Crippen LogP contribution in [0.2, 0.25) is 0 Å². The Bertz CT molecular complexity index is 334. The SMILES string of the molecule is COc1ccccc1/C=C/CNCC(C)O. The van der Waals surface area contributed by atoms with Crippen LogP contribution < -0.4 is 10.1 Å². The van der Waals surface area contributed by atoms with Gasteiger partial charge in [-0.05, 0) is 13.0 Å². The molecular formula is C13H19NO2. The summed E-state index contributed by atoms with van der Waals surface area (Å²) >= 11 is 0. The topological polar surface area (TPSA) is 41.5 Å². The summed E-state index contributed by atoms with van der Waals surface area (Å²) in [7, 11) is 1.67. The van der Waals surface area contributed by atoms with Gasteiger partial charge in [-0.3, -0.25) is 0 Å². The normalized spacial score (nSPS) is 12.9. The molecule has 0 fully saturated rings. The first-order valence-electron chi connectivity index (χ1n) is 5.42. The van der Waals surface area contributed by atoms with Crippen molar-refractivity contribution in [2.45, 2.75) is 13.0 Å². The van der Waals surface area contributed by atoms with E-state index in [0.29, 0.717) is 6.54 Å². The van der Waals surface area contributed by atoms with Crippen molar-refractivity contribution in [2.75, 3.05) is 20.2 Å². The molecule has 0 aliphatic carbocycles. The number of para-hydroxylation sites is 1. The van der Waals surface area contributed by atoms with Crippen LogP contribution in [-0.2, 0) is 0 Å². The van der Waals surface area contributed by atoms with Gasteiger partial charge in [-0.15, -0.1) is 0 Å². The molecule has 0 aliphatic rings. The van der Waals surface area contributed by atoms with Crippen LogP contribution in [0.5, 0.6) is 5.75 Å². The summed E-state index contributed by atoms with van der Waals surface area (Å²) in [5.74, 6) is 0.870. The minimum absolute atomic E-state index is 0.306. The standard InChI is InChI=1S/C13H19NO2/c1-11(15)10-14-9-5-7-12-6-3-4-8-13(12)16-2/h3-8,11,14-15H,9-10H2,1-2H3/b7-5+. The Labute approximate surface area is 96.8 Å². The van der Waals surface area contributed by atoms with E-state index >= 15 is 0 Å². The van der Waals surface area contributed by atoms with E-state index < -0.39 is 0 Å². The minimum atomic E-state index is -0.306. The summed E-state index contributed by atoms with van der Waals surface area (Å²) in [6.07, 6.45) is 3.72. The summed E-state index contributed by atoms with van der Waals surface area (Å²) in [5, 5.41) is 12.2. The Balaban J connectivity index is 2.43. The van der Waals surface area contributed by atoms with Gasteiger partial charge >= 0.3 is 0 Å².